The number of carboxylic acids is 1. The molecule has 1 N–H and O–H groups in total. The van der Waals surface area contributed by atoms with Gasteiger partial charge in [0.2, 0.25) is 10.0 Å². The quantitative estimate of drug-likeness (QED) is 0.784. The average Bonchev–Trinajstić information content (AvgIpc) is 2.59. The highest BCUT2D eigenvalue weighted by molar-refractivity contribution is 7.89. The Kier molecular flexibility index (Phi) is 5.84. The number of carbonyl (C=O) groups is 1. The Morgan fingerprint density at radius 2 is 1.83 bits per heavy atom. The van der Waals surface area contributed by atoms with Crippen LogP contribution in [0.2, 0.25) is 0 Å². The molecule has 0 amide bonds. The first-order valence-electron chi connectivity index (χ1n) is 7.57. The first kappa shape index (κ1) is 18.3. The van der Waals surface area contributed by atoms with E-state index in [9.17, 15) is 13.2 Å². The highest BCUT2D eigenvalue weighted by Gasteiger charge is 2.30. The first-order valence-corrected chi connectivity index (χ1v) is 9.01. The van der Waals surface area contributed by atoms with Gasteiger partial charge < -0.3 is 14.6 Å². The molecule has 7 nitrogen and oxygen atoms in total. The molecule has 0 saturated carbocycles. The Morgan fingerprint density at radius 1 is 1.17 bits per heavy atom. The lowest BCUT2D eigenvalue weighted by molar-refractivity contribution is -0.131. The maximum absolute atomic E-state index is 13.0. The SMILES string of the molecule is COc1cc(/C=C/C(=O)O)cc(S(=O)(=O)N2CCCCC2)c1OC. The van der Waals surface area contributed by atoms with Crippen LogP contribution in [0.25, 0.3) is 6.08 Å². The van der Waals surface area contributed by atoms with Gasteiger partial charge >= 0.3 is 5.97 Å². The van der Waals surface area contributed by atoms with Gasteiger partial charge in [-0.15, -0.1) is 0 Å². The summed E-state index contributed by atoms with van der Waals surface area (Å²) in [6.07, 6.45) is 4.90. The zero-order chi connectivity index (χ0) is 17.7. The van der Waals surface area contributed by atoms with Crippen LogP contribution in [0.5, 0.6) is 11.5 Å². The topological polar surface area (TPSA) is 93.1 Å². The normalized spacial score (nSPS) is 16.2. The summed E-state index contributed by atoms with van der Waals surface area (Å²) in [6.45, 7) is 0.923. The van der Waals surface area contributed by atoms with Crippen molar-refractivity contribution in [3.05, 3.63) is 23.8 Å². The Hall–Kier alpha value is -2.06. The van der Waals surface area contributed by atoms with Gasteiger partial charge in [0.05, 0.1) is 14.2 Å². The second-order valence-corrected chi connectivity index (χ2v) is 7.30. The van der Waals surface area contributed by atoms with Gasteiger partial charge in [0.25, 0.3) is 0 Å². The maximum atomic E-state index is 13.0. The molecule has 1 fully saturated rings. The summed E-state index contributed by atoms with van der Waals surface area (Å²) < 4.78 is 37.9. The smallest absolute Gasteiger partial charge is 0.328 e. The van der Waals surface area contributed by atoms with E-state index in [1.807, 2.05) is 0 Å². The molecular weight excluding hydrogens is 334 g/mol. The van der Waals surface area contributed by atoms with Crippen molar-refractivity contribution in [2.45, 2.75) is 24.2 Å². The first-order chi connectivity index (χ1) is 11.4. The molecule has 0 aliphatic carbocycles. The fourth-order valence-electron chi connectivity index (χ4n) is 2.65. The van der Waals surface area contributed by atoms with E-state index in [1.54, 1.807) is 0 Å². The molecule has 0 bridgehead atoms. The zero-order valence-corrected chi connectivity index (χ0v) is 14.5. The molecule has 2 rings (SSSR count). The van der Waals surface area contributed by atoms with Crippen molar-refractivity contribution < 1.29 is 27.8 Å². The van der Waals surface area contributed by atoms with Crippen molar-refractivity contribution in [1.29, 1.82) is 0 Å². The molecule has 132 valence electrons. The number of rotatable bonds is 6. The number of piperidine rings is 1. The van der Waals surface area contributed by atoms with Crippen LogP contribution in [-0.4, -0.2) is 51.1 Å². The molecule has 8 heteroatoms. The van der Waals surface area contributed by atoms with E-state index in [2.05, 4.69) is 0 Å². The maximum Gasteiger partial charge on any atom is 0.328 e. The van der Waals surface area contributed by atoms with Crippen molar-refractivity contribution in [1.82, 2.24) is 4.31 Å². The van der Waals surface area contributed by atoms with Crippen molar-refractivity contribution in [3.8, 4) is 11.5 Å². The van der Waals surface area contributed by atoms with Gasteiger partial charge in [-0.1, -0.05) is 6.42 Å². The van der Waals surface area contributed by atoms with Gasteiger partial charge in [-0.05, 0) is 36.6 Å². The number of ether oxygens (including phenoxy) is 2. The summed E-state index contributed by atoms with van der Waals surface area (Å²) in [7, 11) is -0.974. The molecule has 0 spiro atoms. The highest BCUT2D eigenvalue weighted by atomic mass is 32.2. The number of sulfonamides is 1. The molecule has 0 unspecified atom stereocenters. The van der Waals surface area contributed by atoms with Crippen LogP contribution in [0.3, 0.4) is 0 Å². The van der Waals surface area contributed by atoms with Gasteiger partial charge in [0.15, 0.2) is 11.5 Å². The summed E-state index contributed by atoms with van der Waals surface area (Å²) in [6, 6.07) is 2.94. The number of hydrogen-bond acceptors (Lipinski definition) is 5. The van der Waals surface area contributed by atoms with Gasteiger partial charge in [0.1, 0.15) is 4.90 Å². The summed E-state index contributed by atoms with van der Waals surface area (Å²) in [5, 5.41) is 8.77. The molecule has 1 heterocycles. The summed E-state index contributed by atoms with van der Waals surface area (Å²) in [4.78, 5) is 10.7. The minimum atomic E-state index is -3.75. The lowest BCUT2D eigenvalue weighted by Crippen LogP contribution is -2.35. The molecule has 1 saturated heterocycles. The van der Waals surface area contributed by atoms with Crippen LogP contribution in [0.1, 0.15) is 24.8 Å². The van der Waals surface area contributed by atoms with Gasteiger partial charge in [-0.3, -0.25) is 0 Å². The highest BCUT2D eigenvalue weighted by Crippen LogP contribution is 2.38. The van der Waals surface area contributed by atoms with E-state index in [0.29, 0.717) is 18.7 Å². The predicted molar refractivity (Wildman–Crippen MR) is 88.8 cm³/mol. The van der Waals surface area contributed by atoms with E-state index in [1.165, 1.54) is 36.7 Å². The summed E-state index contributed by atoms with van der Waals surface area (Å²) >= 11 is 0. The van der Waals surface area contributed by atoms with Crippen molar-refractivity contribution in [3.63, 3.8) is 0 Å². The predicted octanol–water partition coefficient (Wildman–Crippen LogP) is 1.98. The lowest BCUT2D eigenvalue weighted by Gasteiger charge is -2.27. The molecule has 0 radical (unpaired) electrons. The monoisotopic (exact) mass is 355 g/mol. The van der Waals surface area contributed by atoms with Crippen LogP contribution in [0.15, 0.2) is 23.1 Å². The van der Waals surface area contributed by atoms with E-state index >= 15 is 0 Å². The second kappa shape index (κ2) is 7.67. The lowest BCUT2D eigenvalue weighted by atomic mass is 10.2. The Bertz CT molecular complexity index is 735. The molecule has 1 aromatic carbocycles. The summed E-state index contributed by atoms with van der Waals surface area (Å²) in [5.74, 6) is -0.763. The zero-order valence-electron chi connectivity index (χ0n) is 13.7. The van der Waals surface area contributed by atoms with E-state index in [-0.39, 0.29) is 16.4 Å². The van der Waals surface area contributed by atoms with Crippen LogP contribution in [-0.2, 0) is 14.8 Å². The number of aliphatic carboxylic acids is 1. The summed E-state index contributed by atoms with van der Waals surface area (Å²) in [5.41, 5.74) is 0.408. The van der Waals surface area contributed by atoms with Crippen LogP contribution in [0.4, 0.5) is 0 Å². The average molecular weight is 355 g/mol. The minimum Gasteiger partial charge on any atom is -0.493 e. The van der Waals surface area contributed by atoms with Crippen molar-refractivity contribution >= 4 is 22.1 Å². The van der Waals surface area contributed by atoms with E-state index in [0.717, 1.165) is 25.3 Å². The van der Waals surface area contributed by atoms with Crippen molar-refractivity contribution in [2.75, 3.05) is 27.3 Å². The molecule has 1 aliphatic rings. The van der Waals surface area contributed by atoms with Gasteiger partial charge in [0, 0.05) is 19.2 Å². The van der Waals surface area contributed by atoms with Gasteiger partial charge in [-0.2, -0.15) is 4.31 Å². The third kappa shape index (κ3) is 3.88. The molecule has 1 aliphatic heterocycles. The molecule has 24 heavy (non-hydrogen) atoms. The van der Waals surface area contributed by atoms with E-state index in [4.69, 9.17) is 14.6 Å². The Morgan fingerprint density at radius 3 is 2.38 bits per heavy atom. The minimum absolute atomic E-state index is 0.0173. The number of benzene rings is 1. The number of hydrogen-bond donors (Lipinski definition) is 1. The molecule has 0 atom stereocenters. The van der Waals surface area contributed by atoms with Crippen LogP contribution >= 0.6 is 0 Å². The standard InChI is InChI=1S/C16H21NO6S/c1-22-13-10-12(6-7-15(18)19)11-14(16(13)23-2)24(20,21)17-8-4-3-5-9-17/h6-7,10-11H,3-5,8-9H2,1-2H3,(H,18,19)/b7-6+. The fourth-order valence-corrected chi connectivity index (χ4v) is 4.37. The Labute approximate surface area is 141 Å². The number of carboxylic acid groups (broad SMARTS) is 1. The number of nitrogens with zero attached hydrogens (tertiary/aromatic N) is 1. The molecule has 1 aromatic rings. The molecular formula is C16H21NO6S. The third-order valence-electron chi connectivity index (χ3n) is 3.82. The van der Waals surface area contributed by atoms with Crippen molar-refractivity contribution in [2.24, 2.45) is 0 Å². The largest absolute Gasteiger partial charge is 0.493 e. The van der Waals surface area contributed by atoms with Gasteiger partial charge in [-0.25, -0.2) is 13.2 Å². The second-order valence-electron chi connectivity index (χ2n) is 5.39. The molecule has 0 aromatic heterocycles. The van der Waals surface area contributed by atoms with E-state index < -0.39 is 16.0 Å². The number of methoxy groups -OCH3 is 2. The third-order valence-corrected chi connectivity index (χ3v) is 5.72. The Balaban J connectivity index is 2.56. The van der Waals surface area contributed by atoms with Crippen LogP contribution < -0.4 is 9.47 Å². The fraction of sp³-hybridized carbons (Fsp3) is 0.438. The van der Waals surface area contributed by atoms with Crippen LogP contribution in [0, 0.1) is 0 Å².